The predicted molar refractivity (Wildman–Crippen MR) is 127 cm³/mol. The van der Waals surface area contributed by atoms with Crippen molar-refractivity contribution in [1.29, 1.82) is 0 Å². The number of amides is 2. The normalized spacial score (nSPS) is 17.9. The molecule has 1 unspecified atom stereocenters. The monoisotopic (exact) mass is 477 g/mol. The molecule has 1 atom stereocenters. The van der Waals surface area contributed by atoms with Crippen LogP contribution in [0.3, 0.4) is 0 Å². The third kappa shape index (κ3) is 3.71. The lowest BCUT2D eigenvalue weighted by atomic mass is 9.74. The summed E-state index contributed by atoms with van der Waals surface area (Å²) in [5, 5.41) is 13.7. The second-order valence-electron chi connectivity index (χ2n) is 9.15. The Morgan fingerprint density at radius 3 is 2.32 bits per heavy atom. The maximum Gasteiger partial charge on any atom is 0.413 e. The second kappa shape index (κ2) is 8.25. The Hall–Kier alpha value is -3.72. The Bertz CT molecular complexity index is 1260. The largest absolute Gasteiger partial charge is 0.480 e. The number of aromatic nitrogens is 1. The van der Waals surface area contributed by atoms with E-state index in [4.69, 9.17) is 4.74 Å². The summed E-state index contributed by atoms with van der Waals surface area (Å²) < 4.78 is 5.51. The molecular weight excluding hydrogens is 454 g/mol. The third-order valence-electron chi connectivity index (χ3n) is 6.40. The van der Waals surface area contributed by atoms with Crippen molar-refractivity contribution in [3.05, 3.63) is 70.7 Å². The number of rotatable bonds is 5. The Morgan fingerprint density at radius 1 is 1.12 bits per heavy atom. The summed E-state index contributed by atoms with van der Waals surface area (Å²) >= 11 is 1.08. The van der Waals surface area contributed by atoms with Crippen LogP contribution >= 0.6 is 11.3 Å². The fourth-order valence-corrected chi connectivity index (χ4v) is 5.55. The van der Waals surface area contributed by atoms with E-state index in [1.54, 1.807) is 13.8 Å². The average molecular weight is 478 g/mol. The van der Waals surface area contributed by atoms with Gasteiger partial charge in [-0.2, -0.15) is 0 Å². The van der Waals surface area contributed by atoms with Gasteiger partial charge in [-0.25, -0.2) is 14.6 Å². The zero-order valence-electron chi connectivity index (χ0n) is 18.6. The van der Waals surface area contributed by atoms with Gasteiger partial charge >= 0.3 is 12.1 Å². The van der Waals surface area contributed by atoms with Crippen LogP contribution < -0.4 is 5.32 Å². The smallest absolute Gasteiger partial charge is 0.413 e. The summed E-state index contributed by atoms with van der Waals surface area (Å²) in [7, 11) is 0. The van der Waals surface area contributed by atoms with Crippen molar-refractivity contribution >= 4 is 34.4 Å². The second-order valence-corrected chi connectivity index (χ2v) is 10.0. The van der Waals surface area contributed by atoms with Crippen molar-refractivity contribution in [1.82, 2.24) is 9.88 Å². The van der Waals surface area contributed by atoms with Crippen LogP contribution in [0.1, 0.15) is 41.4 Å². The van der Waals surface area contributed by atoms with Gasteiger partial charge in [-0.05, 0) is 22.3 Å². The molecule has 0 radical (unpaired) electrons. The summed E-state index contributed by atoms with van der Waals surface area (Å²) in [6.45, 7) is 4.11. The number of nitrogens with zero attached hydrogens (tertiary/aromatic N) is 2. The van der Waals surface area contributed by atoms with E-state index < -0.39 is 29.4 Å². The minimum atomic E-state index is -1.04. The Balaban J connectivity index is 1.22. The Labute approximate surface area is 200 Å². The lowest BCUT2D eigenvalue weighted by Gasteiger charge is -2.51. The van der Waals surface area contributed by atoms with Crippen molar-refractivity contribution in [2.45, 2.75) is 25.8 Å². The van der Waals surface area contributed by atoms with Gasteiger partial charge in [0.05, 0.1) is 0 Å². The molecule has 1 saturated heterocycles. The maximum absolute atomic E-state index is 12.7. The molecule has 1 aliphatic carbocycles. The number of hydrogen-bond donors (Lipinski definition) is 2. The molecule has 34 heavy (non-hydrogen) atoms. The van der Waals surface area contributed by atoms with E-state index in [-0.39, 0.29) is 23.4 Å². The van der Waals surface area contributed by atoms with E-state index in [0.29, 0.717) is 6.54 Å². The molecule has 1 fully saturated rings. The first-order chi connectivity index (χ1) is 16.3. The minimum absolute atomic E-state index is 0.0608. The van der Waals surface area contributed by atoms with Crippen molar-refractivity contribution in [3.8, 4) is 11.1 Å². The van der Waals surface area contributed by atoms with E-state index in [9.17, 15) is 19.5 Å². The van der Waals surface area contributed by atoms with Crippen molar-refractivity contribution in [2.75, 3.05) is 18.5 Å². The number of hydrogen-bond acceptors (Lipinski definition) is 6. The number of carbonyl (C=O) groups excluding carboxylic acids is 2. The first-order valence-corrected chi connectivity index (χ1v) is 11.8. The zero-order chi connectivity index (χ0) is 24.0. The summed E-state index contributed by atoms with van der Waals surface area (Å²) in [6, 6.07) is 15.2. The van der Waals surface area contributed by atoms with Gasteiger partial charge in [0.2, 0.25) is 0 Å². The number of anilines is 1. The van der Waals surface area contributed by atoms with E-state index in [2.05, 4.69) is 22.4 Å². The van der Waals surface area contributed by atoms with Crippen molar-refractivity contribution in [3.63, 3.8) is 0 Å². The number of fused-ring (bicyclic) bond motifs is 3. The van der Waals surface area contributed by atoms with Crippen LogP contribution in [0.15, 0.2) is 53.9 Å². The summed E-state index contributed by atoms with van der Waals surface area (Å²) in [5.74, 6) is -1.57. The first-order valence-electron chi connectivity index (χ1n) is 10.9. The lowest BCUT2D eigenvalue weighted by molar-refractivity contribution is -0.156. The fraction of sp³-hybridized carbons (Fsp3) is 0.280. The molecule has 2 amide bonds. The van der Waals surface area contributed by atoms with Gasteiger partial charge in [-0.15, -0.1) is 11.3 Å². The molecule has 1 aliphatic heterocycles. The van der Waals surface area contributed by atoms with Gasteiger partial charge < -0.3 is 14.7 Å². The molecule has 3 aromatic rings. The molecule has 1 aromatic heterocycles. The van der Waals surface area contributed by atoms with E-state index >= 15 is 0 Å². The molecule has 2 N–H and O–H groups in total. The van der Waals surface area contributed by atoms with Crippen LogP contribution in [-0.2, 0) is 9.53 Å². The number of carboxylic acids is 1. The van der Waals surface area contributed by atoms with Crippen LogP contribution in [0.4, 0.5) is 9.93 Å². The summed E-state index contributed by atoms with van der Waals surface area (Å²) in [6.07, 6.45) is -0.663. The molecule has 5 rings (SSSR count). The van der Waals surface area contributed by atoms with Crippen LogP contribution in [0.2, 0.25) is 0 Å². The van der Waals surface area contributed by atoms with E-state index in [1.165, 1.54) is 10.3 Å². The average Bonchev–Trinajstić information content (AvgIpc) is 3.38. The number of ether oxygens (including phenoxy) is 1. The highest BCUT2D eigenvalue weighted by Gasteiger charge is 2.53. The highest BCUT2D eigenvalue weighted by atomic mass is 32.1. The Morgan fingerprint density at radius 2 is 1.74 bits per heavy atom. The number of nitrogens with one attached hydrogen (secondary N) is 1. The minimum Gasteiger partial charge on any atom is -0.480 e. The molecule has 2 aliphatic rings. The SMILES string of the molecule is CC1(C)CN(C(=O)c2csc(NC(=O)OCC3c4ccccc4-c4ccccc43)n2)C1C(=O)O. The highest BCUT2D eigenvalue weighted by molar-refractivity contribution is 7.14. The van der Waals surface area contributed by atoms with Gasteiger partial charge in [-0.3, -0.25) is 10.1 Å². The molecule has 0 bridgehead atoms. The lowest BCUT2D eigenvalue weighted by Crippen LogP contribution is -2.67. The van der Waals surface area contributed by atoms with Crippen LogP contribution in [-0.4, -0.2) is 52.2 Å². The fourth-order valence-electron chi connectivity index (χ4n) is 4.88. The summed E-state index contributed by atoms with van der Waals surface area (Å²) in [5.41, 5.74) is 4.11. The van der Waals surface area contributed by atoms with E-state index in [0.717, 1.165) is 33.6 Å². The molecule has 174 valence electrons. The zero-order valence-corrected chi connectivity index (χ0v) is 19.5. The highest BCUT2D eigenvalue weighted by Crippen LogP contribution is 2.44. The van der Waals surface area contributed by atoms with Crippen molar-refractivity contribution < 1.29 is 24.2 Å². The number of carbonyl (C=O) groups is 3. The van der Waals surface area contributed by atoms with Gasteiger partial charge in [-0.1, -0.05) is 62.4 Å². The van der Waals surface area contributed by atoms with Gasteiger partial charge in [0.25, 0.3) is 5.91 Å². The van der Waals surface area contributed by atoms with Crippen molar-refractivity contribution in [2.24, 2.45) is 5.41 Å². The molecule has 9 heteroatoms. The van der Waals surface area contributed by atoms with Crippen LogP contribution in [0.25, 0.3) is 11.1 Å². The summed E-state index contributed by atoms with van der Waals surface area (Å²) in [4.78, 5) is 42.2. The van der Waals surface area contributed by atoms with Gasteiger partial charge in [0, 0.05) is 23.3 Å². The Kier molecular flexibility index (Phi) is 5.36. The van der Waals surface area contributed by atoms with Crippen LogP contribution in [0.5, 0.6) is 0 Å². The van der Waals surface area contributed by atoms with Gasteiger partial charge in [0.15, 0.2) is 5.13 Å². The van der Waals surface area contributed by atoms with Gasteiger partial charge in [0.1, 0.15) is 18.3 Å². The predicted octanol–water partition coefficient (Wildman–Crippen LogP) is 4.44. The molecule has 0 spiro atoms. The number of benzene rings is 2. The standard InChI is InChI=1S/C25H23N3O5S/c1-25(2)13-28(20(25)22(30)31)21(29)19-12-34-23(26-19)27-24(32)33-11-18-16-9-5-3-7-14(16)15-8-4-6-10-17(15)18/h3-10,12,18,20H,11,13H2,1-2H3,(H,30,31)(H,26,27,32). The quantitative estimate of drug-likeness (QED) is 0.562. The topological polar surface area (TPSA) is 109 Å². The number of aliphatic carboxylic acids is 1. The van der Waals surface area contributed by atoms with Crippen LogP contribution in [0, 0.1) is 5.41 Å². The van der Waals surface area contributed by atoms with E-state index in [1.807, 2.05) is 36.4 Å². The number of thiazole rings is 1. The number of carboxylic acid groups (broad SMARTS) is 1. The molecule has 2 heterocycles. The third-order valence-corrected chi connectivity index (χ3v) is 7.16. The molecular formula is C25H23N3O5S. The maximum atomic E-state index is 12.7. The number of likely N-dealkylation sites (tertiary alicyclic amines) is 1. The first kappa shape index (κ1) is 22.1. The molecule has 2 aromatic carbocycles. The molecule has 8 nitrogen and oxygen atoms in total. The molecule has 0 saturated carbocycles.